The summed E-state index contributed by atoms with van der Waals surface area (Å²) in [7, 11) is 1.61. The maximum atomic E-state index is 12.4. The van der Waals surface area contributed by atoms with E-state index in [0.29, 0.717) is 11.5 Å². The van der Waals surface area contributed by atoms with Crippen LogP contribution in [0, 0.1) is 12.1 Å². The number of fused-ring (bicyclic) bond motifs is 1. The highest BCUT2D eigenvalue weighted by Crippen LogP contribution is 2.21. The van der Waals surface area contributed by atoms with E-state index in [1.807, 2.05) is 55.5 Å². The van der Waals surface area contributed by atoms with Gasteiger partial charge in [-0.15, -0.1) is 0 Å². The molecule has 0 spiro atoms. The molecule has 0 N–H and O–H groups in total. The number of hydrogen-bond donors (Lipinski definition) is 0. The van der Waals surface area contributed by atoms with E-state index >= 15 is 0 Å². The number of methoxy groups -OCH3 is 1. The van der Waals surface area contributed by atoms with Gasteiger partial charge >= 0.3 is 5.82 Å². The molecule has 0 amide bonds. The zero-order chi connectivity index (χ0) is 14.1. The molecule has 3 aromatic rings. The van der Waals surface area contributed by atoms with Crippen LogP contribution in [-0.4, -0.2) is 12.1 Å². The highest BCUT2D eigenvalue weighted by molar-refractivity contribution is 5.81. The SMILES string of the molecule is COc1ccc(-c2nc3ccccc3c(C)[n+]2[O-])cc1. The summed E-state index contributed by atoms with van der Waals surface area (Å²) in [6, 6.07) is 15.0. The van der Waals surface area contributed by atoms with Crippen LogP contribution in [0.1, 0.15) is 5.69 Å². The number of nitrogens with zero attached hydrogens (tertiary/aromatic N) is 2. The molecule has 0 saturated carbocycles. The quantitative estimate of drug-likeness (QED) is 0.529. The first-order valence-corrected chi connectivity index (χ1v) is 6.34. The summed E-state index contributed by atoms with van der Waals surface area (Å²) in [6.45, 7) is 1.81. The first kappa shape index (κ1) is 12.4. The molecular formula is C16H14N2O2. The summed E-state index contributed by atoms with van der Waals surface area (Å²) in [5.74, 6) is 1.16. The minimum atomic E-state index is 0.406. The van der Waals surface area contributed by atoms with Crippen molar-refractivity contribution in [1.82, 2.24) is 4.98 Å². The van der Waals surface area contributed by atoms with Crippen molar-refractivity contribution in [2.24, 2.45) is 0 Å². The van der Waals surface area contributed by atoms with Crippen molar-refractivity contribution < 1.29 is 9.47 Å². The highest BCUT2D eigenvalue weighted by atomic mass is 16.5. The standard InChI is InChI=1S/C16H14N2O2/c1-11-14-5-3-4-6-15(14)17-16(18(11)19)12-7-9-13(20-2)10-8-12/h3-10H,1-2H3. The van der Waals surface area contributed by atoms with Crippen molar-refractivity contribution in [1.29, 1.82) is 0 Å². The second-order valence-corrected chi connectivity index (χ2v) is 4.56. The van der Waals surface area contributed by atoms with E-state index in [9.17, 15) is 5.21 Å². The third-order valence-corrected chi connectivity index (χ3v) is 3.37. The van der Waals surface area contributed by atoms with Gasteiger partial charge in [0.15, 0.2) is 5.52 Å². The van der Waals surface area contributed by atoms with Gasteiger partial charge < -0.3 is 9.94 Å². The molecule has 0 bridgehead atoms. The van der Waals surface area contributed by atoms with E-state index in [2.05, 4.69) is 4.98 Å². The molecule has 100 valence electrons. The van der Waals surface area contributed by atoms with Crippen molar-refractivity contribution in [3.8, 4) is 17.1 Å². The summed E-state index contributed by atoms with van der Waals surface area (Å²) < 4.78 is 6.00. The van der Waals surface area contributed by atoms with Gasteiger partial charge in [0, 0.05) is 0 Å². The van der Waals surface area contributed by atoms with Crippen LogP contribution in [0.25, 0.3) is 22.3 Å². The van der Waals surface area contributed by atoms with E-state index in [4.69, 9.17) is 4.74 Å². The molecule has 2 aromatic carbocycles. The van der Waals surface area contributed by atoms with Crippen LogP contribution in [-0.2, 0) is 0 Å². The summed E-state index contributed by atoms with van der Waals surface area (Å²) in [5.41, 5.74) is 2.25. The maximum Gasteiger partial charge on any atom is 0.334 e. The molecule has 0 radical (unpaired) electrons. The number of para-hydroxylation sites is 1. The fourth-order valence-corrected chi connectivity index (χ4v) is 2.23. The van der Waals surface area contributed by atoms with Crippen molar-refractivity contribution in [3.63, 3.8) is 0 Å². The molecule has 0 atom stereocenters. The lowest BCUT2D eigenvalue weighted by Crippen LogP contribution is -2.34. The lowest BCUT2D eigenvalue weighted by atomic mass is 10.1. The first-order chi connectivity index (χ1) is 9.70. The minimum Gasteiger partial charge on any atom is -0.710 e. The monoisotopic (exact) mass is 266 g/mol. The van der Waals surface area contributed by atoms with Gasteiger partial charge in [0.05, 0.1) is 18.1 Å². The molecule has 0 aliphatic heterocycles. The predicted octanol–water partition coefficient (Wildman–Crippen LogP) is 2.85. The first-order valence-electron chi connectivity index (χ1n) is 6.34. The van der Waals surface area contributed by atoms with Gasteiger partial charge in [-0.3, -0.25) is 0 Å². The molecule has 4 nitrogen and oxygen atoms in total. The summed E-state index contributed by atoms with van der Waals surface area (Å²) in [5, 5.41) is 13.2. The Morgan fingerprint density at radius 1 is 1.05 bits per heavy atom. The molecule has 3 rings (SSSR count). The van der Waals surface area contributed by atoms with Gasteiger partial charge in [-0.25, -0.2) is 4.73 Å². The largest absolute Gasteiger partial charge is 0.710 e. The number of ether oxygens (including phenoxy) is 1. The van der Waals surface area contributed by atoms with E-state index < -0.39 is 0 Å². The lowest BCUT2D eigenvalue weighted by molar-refractivity contribution is -0.601. The molecule has 0 unspecified atom stereocenters. The Morgan fingerprint density at radius 2 is 1.75 bits per heavy atom. The normalized spacial score (nSPS) is 10.7. The Labute approximate surface area is 116 Å². The van der Waals surface area contributed by atoms with Crippen molar-refractivity contribution >= 4 is 10.9 Å². The molecule has 1 heterocycles. The molecule has 0 aliphatic carbocycles. The minimum absolute atomic E-state index is 0.406. The Kier molecular flexibility index (Phi) is 2.99. The summed E-state index contributed by atoms with van der Waals surface area (Å²) >= 11 is 0. The Morgan fingerprint density at radius 3 is 2.45 bits per heavy atom. The fourth-order valence-electron chi connectivity index (χ4n) is 2.23. The Hall–Kier alpha value is -2.62. The number of aromatic nitrogens is 2. The Bertz CT molecular complexity index is 767. The highest BCUT2D eigenvalue weighted by Gasteiger charge is 2.17. The molecule has 0 aliphatic rings. The van der Waals surface area contributed by atoms with Crippen LogP contribution in [0.2, 0.25) is 0 Å². The molecular weight excluding hydrogens is 252 g/mol. The third-order valence-electron chi connectivity index (χ3n) is 3.37. The van der Waals surface area contributed by atoms with Crippen LogP contribution in [0.4, 0.5) is 0 Å². The maximum absolute atomic E-state index is 12.4. The number of aryl methyl sites for hydroxylation is 1. The van der Waals surface area contributed by atoms with Gasteiger partial charge in [-0.05, 0) is 48.3 Å². The van der Waals surface area contributed by atoms with Gasteiger partial charge in [-0.1, -0.05) is 12.1 Å². The van der Waals surface area contributed by atoms with E-state index in [-0.39, 0.29) is 0 Å². The van der Waals surface area contributed by atoms with E-state index in [0.717, 1.165) is 26.9 Å². The van der Waals surface area contributed by atoms with Crippen molar-refractivity contribution in [3.05, 3.63) is 59.4 Å². The van der Waals surface area contributed by atoms with Gasteiger partial charge in [0.2, 0.25) is 0 Å². The van der Waals surface area contributed by atoms with E-state index in [1.165, 1.54) is 0 Å². The second kappa shape index (κ2) is 4.81. The third kappa shape index (κ3) is 1.95. The molecule has 0 fully saturated rings. The van der Waals surface area contributed by atoms with Crippen molar-refractivity contribution in [2.45, 2.75) is 6.92 Å². The smallest absolute Gasteiger partial charge is 0.334 e. The molecule has 4 heteroatoms. The van der Waals surface area contributed by atoms with Gasteiger partial charge in [-0.2, -0.15) is 0 Å². The number of benzene rings is 2. The van der Waals surface area contributed by atoms with Crippen LogP contribution in [0.5, 0.6) is 5.75 Å². The summed E-state index contributed by atoms with van der Waals surface area (Å²) in [4.78, 5) is 4.47. The summed E-state index contributed by atoms with van der Waals surface area (Å²) in [6.07, 6.45) is 0. The fraction of sp³-hybridized carbons (Fsp3) is 0.125. The van der Waals surface area contributed by atoms with Crippen LogP contribution in [0.3, 0.4) is 0 Å². The topological polar surface area (TPSA) is 49.1 Å². The predicted molar refractivity (Wildman–Crippen MR) is 77.4 cm³/mol. The van der Waals surface area contributed by atoms with Gasteiger partial charge in [0.1, 0.15) is 11.4 Å². The number of rotatable bonds is 2. The van der Waals surface area contributed by atoms with Crippen LogP contribution in [0.15, 0.2) is 48.5 Å². The van der Waals surface area contributed by atoms with Crippen LogP contribution >= 0.6 is 0 Å². The zero-order valence-corrected chi connectivity index (χ0v) is 11.3. The van der Waals surface area contributed by atoms with Gasteiger partial charge in [0.25, 0.3) is 0 Å². The van der Waals surface area contributed by atoms with Crippen LogP contribution < -0.4 is 9.47 Å². The molecule has 20 heavy (non-hydrogen) atoms. The average Bonchev–Trinajstić information content (AvgIpc) is 2.51. The molecule has 1 aromatic heterocycles. The molecule has 0 saturated heterocycles. The number of hydrogen-bond acceptors (Lipinski definition) is 3. The average molecular weight is 266 g/mol. The zero-order valence-electron chi connectivity index (χ0n) is 11.3. The Balaban J connectivity index is 2.22. The van der Waals surface area contributed by atoms with E-state index in [1.54, 1.807) is 7.11 Å². The second-order valence-electron chi connectivity index (χ2n) is 4.56. The van der Waals surface area contributed by atoms with Crippen molar-refractivity contribution in [2.75, 3.05) is 7.11 Å². The lowest BCUT2D eigenvalue weighted by Gasteiger charge is -2.11.